The van der Waals surface area contributed by atoms with Crippen LogP contribution in [0.1, 0.15) is 22.3 Å². The van der Waals surface area contributed by atoms with Gasteiger partial charge in [-0.15, -0.1) is 0 Å². The molecule has 0 saturated carbocycles. The molecule has 4 rings (SSSR count). The highest BCUT2D eigenvalue weighted by molar-refractivity contribution is 7.89. The molecule has 0 fully saturated rings. The molecule has 3 aromatic carbocycles. The van der Waals surface area contributed by atoms with Crippen LogP contribution < -0.4 is 0 Å². The van der Waals surface area contributed by atoms with Crippen molar-refractivity contribution in [2.75, 3.05) is 6.54 Å². The van der Waals surface area contributed by atoms with E-state index in [0.29, 0.717) is 23.7 Å². The maximum atomic E-state index is 13.5. The summed E-state index contributed by atoms with van der Waals surface area (Å²) in [4.78, 5) is 4.84. The Balaban J connectivity index is 1.72. The van der Waals surface area contributed by atoms with Gasteiger partial charge in [0.25, 0.3) is 0 Å². The van der Waals surface area contributed by atoms with E-state index in [1.165, 1.54) is 4.31 Å². The highest BCUT2D eigenvalue weighted by Crippen LogP contribution is 2.27. The molecule has 4 nitrogen and oxygen atoms in total. The highest BCUT2D eigenvalue weighted by Gasteiger charge is 2.25. The van der Waals surface area contributed by atoms with Crippen molar-refractivity contribution in [1.29, 1.82) is 0 Å². The van der Waals surface area contributed by atoms with Gasteiger partial charge in [0, 0.05) is 24.0 Å². The molecule has 0 spiro atoms. The number of sulfonamides is 1. The molecule has 0 bridgehead atoms. The van der Waals surface area contributed by atoms with Gasteiger partial charge in [0.15, 0.2) is 0 Å². The predicted molar refractivity (Wildman–Crippen MR) is 130 cm³/mol. The van der Waals surface area contributed by atoms with Crippen LogP contribution in [0, 0.1) is 13.8 Å². The van der Waals surface area contributed by atoms with Crippen LogP contribution in [0.15, 0.2) is 83.8 Å². The fraction of sp³-hybridized carbons (Fsp3) is 0.192. The van der Waals surface area contributed by atoms with Crippen molar-refractivity contribution >= 4 is 32.5 Å². The summed E-state index contributed by atoms with van der Waals surface area (Å²) in [6, 6.07) is 24.5. The van der Waals surface area contributed by atoms with Gasteiger partial charge in [0.1, 0.15) is 5.15 Å². The molecule has 0 N–H and O–H groups in total. The Bertz CT molecular complexity index is 1340. The Morgan fingerprint density at radius 3 is 2.25 bits per heavy atom. The van der Waals surface area contributed by atoms with Crippen molar-refractivity contribution in [3.8, 4) is 0 Å². The minimum atomic E-state index is -3.71. The summed E-state index contributed by atoms with van der Waals surface area (Å²) in [5.41, 5.74) is 4.79. The van der Waals surface area contributed by atoms with Gasteiger partial charge in [-0.25, -0.2) is 13.4 Å². The number of hydrogen-bond donors (Lipinski definition) is 0. The fourth-order valence-electron chi connectivity index (χ4n) is 3.87. The van der Waals surface area contributed by atoms with Gasteiger partial charge in [0.2, 0.25) is 10.0 Å². The second-order valence-electron chi connectivity index (χ2n) is 7.97. The van der Waals surface area contributed by atoms with Crippen molar-refractivity contribution in [3.63, 3.8) is 0 Å². The first-order valence-electron chi connectivity index (χ1n) is 10.5. The lowest BCUT2D eigenvalue weighted by atomic mass is 10.0. The van der Waals surface area contributed by atoms with Crippen LogP contribution in [-0.2, 0) is 23.0 Å². The van der Waals surface area contributed by atoms with E-state index in [-0.39, 0.29) is 11.4 Å². The third kappa shape index (κ3) is 4.85. The first kappa shape index (κ1) is 22.5. The third-order valence-electron chi connectivity index (χ3n) is 5.53. The van der Waals surface area contributed by atoms with Crippen molar-refractivity contribution in [1.82, 2.24) is 9.29 Å². The van der Waals surface area contributed by atoms with E-state index in [0.717, 1.165) is 27.6 Å². The van der Waals surface area contributed by atoms with Gasteiger partial charge in [-0.2, -0.15) is 4.31 Å². The van der Waals surface area contributed by atoms with E-state index in [4.69, 9.17) is 11.6 Å². The maximum Gasteiger partial charge on any atom is 0.243 e. The topological polar surface area (TPSA) is 50.3 Å². The Kier molecular flexibility index (Phi) is 6.60. The molecular formula is C26H25ClN2O2S. The van der Waals surface area contributed by atoms with E-state index >= 15 is 0 Å². The molecule has 0 radical (unpaired) electrons. The molecule has 32 heavy (non-hydrogen) atoms. The molecule has 0 atom stereocenters. The number of nitrogens with zero attached hydrogens (tertiary/aromatic N) is 2. The van der Waals surface area contributed by atoms with Crippen LogP contribution in [0.3, 0.4) is 0 Å². The molecular weight excluding hydrogens is 440 g/mol. The van der Waals surface area contributed by atoms with Crippen molar-refractivity contribution in [3.05, 3.63) is 106 Å². The average molecular weight is 465 g/mol. The van der Waals surface area contributed by atoms with Crippen LogP contribution in [0.2, 0.25) is 5.15 Å². The molecule has 164 valence electrons. The normalized spacial score (nSPS) is 11.9. The minimum absolute atomic E-state index is 0.152. The smallest absolute Gasteiger partial charge is 0.236 e. The van der Waals surface area contributed by atoms with E-state index in [1.807, 2.05) is 62.4 Å². The van der Waals surface area contributed by atoms with Gasteiger partial charge < -0.3 is 0 Å². The van der Waals surface area contributed by atoms with E-state index in [1.54, 1.807) is 24.3 Å². The quantitative estimate of drug-likeness (QED) is 0.318. The molecule has 1 aromatic heterocycles. The standard InChI is InChI=1S/C26H25ClN2O2S/c1-19-15-20(2)24-17-22(26(27)28-25(24)16-19)18-29(14-13-21-9-5-3-6-10-21)32(30,31)23-11-7-4-8-12-23/h3-12,15-17H,13-14,18H2,1-2H3. The summed E-state index contributed by atoms with van der Waals surface area (Å²) in [6.45, 7) is 4.54. The monoisotopic (exact) mass is 464 g/mol. The second-order valence-corrected chi connectivity index (χ2v) is 10.3. The lowest BCUT2D eigenvalue weighted by Gasteiger charge is -2.23. The summed E-state index contributed by atoms with van der Waals surface area (Å²) < 4.78 is 28.5. The number of benzene rings is 3. The summed E-state index contributed by atoms with van der Waals surface area (Å²) in [6.07, 6.45) is 0.601. The Morgan fingerprint density at radius 2 is 1.56 bits per heavy atom. The number of aromatic nitrogens is 1. The summed E-state index contributed by atoms with van der Waals surface area (Å²) in [7, 11) is -3.71. The molecule has 6 heteroatoms. The molecule has 4 aromatic rings. The highest BCUT2D eigenvalue weighted by atomic mass is 35.5. The lowest BCUT2D eigenvalue weighted by Crippen LogP contribution is -2.32. The van der Waals surface area contributed by atoms with Gasteiger partial charge in [-0.05, 0) is 61.2 Å². The molecule has 0 amide bonds. The van der Waals surface area contributed by atoms with Crippen LogP contribution >= 0.6 is 11.6 Å². The maximum absolute atomic E-state index is 13.5. The first-order valence-corrected chi connectivity index (χ1v) is 12.3. The van der Waals surface area contributed by atoms with Crippen molar-refractivity contribution < 1.29 is 8.42 Å². The minimum Gasteiger partial charge on any atom is -0.236 e. The van der Waals surface area contributed by atoms with E-state index in [9.17, 15) is 8.42 Å². The van der Waals surface area contributed by atoms with Crippen LogP contribution in [-0.4, -0.2) is 24.3 Å². The predicted octanol–water partition coefficient (Wildman–Crippen LogP) is 5.94. The molecule has 1 heterocycles. The molecule has 0 aliphatic rings. The van der Waals surface area contributed by atoms with Crippen LogP contribution in [0.25, 0.3) is 10.9 Å². The third-order valence-corrected chi connectivity index (χ3v) is 7.72. The molecule has 0 unspecified atom stereocenters. The molecule has 0 saturated heterocycles. The second kappa shape index (κ2) is 9.41. The lowest BCUT2D eigenvalue weighted by molar-refractivity contribution is 0.409. The van der Waals surface area contributed by atoms with E-state index < -0.39 is 10.0 Å². The summed E-state index contributed by atoms with van der Waals surface area (Å²) in [5.74, 6) is 0. The van der Waals surface area contributed by atoms with Gasteiger partial charge in [0.05, 0.1) is 10.4 Å². The number of fused-ring (bicyclic) bond motifs is 1. The zero-order valence-corrected chi connectivity index (χ0v) is 19.7. The van der Waals surface area contributed by atoms with Gasteiger partial charge >= 0.3 is 0 Å². The zero-order valence-electron chi connectivity index (χ0n) is 18.1. The largest absolute Gasteiger partial charge is 0.243 e. The SMILES string of the molecule is Cc1cc(C)c2cc(CN(CCc3ccccc3)S(=O)(=O)c3ccccc3)c(Cl)nc2c1. The number of hydrogen-bond acceptors (Lipinski definition) is 3. The van der Waals surface area contributed by atoms with E-state index in [2.05, 4.69) is 11.1 Å². The summed E-state index contributed by atoms with van der Waals surface area (Å²) >= 11 is 6.53. The number of halogens is 1. The first-order chi connectivity index (χ1) is 15.3. The van der Waals surface area contributed by atoms with Crippen molar-refractivity contribution in [2.45, 2.75) is 31.7 Å². The van der Waals surface area contributed by atoms with Crippen LogP contribution in [0.5, 0.6) is 0 Å². The Labute approximate surface area is 194 Å². The molecule has 0 aliphatic heterocycles. The number of aryl methyl sites for hydroxylation is 2. The number of pyridine rings is 1. The summed E-state index contributed by atoms with van der Waals surface area (Å²) in [5, 5.41) is 1.31. The Hall–Kier alpha value is -2.73. The molecule has 0 aliphatic carbocycles. The fourth-order valence-corrected chi connectivity index (χ4v) is 5.52. The van der Waals surface area contributed by atoms with Gasteiger partial charge in [-0.1, -0.05) is 66.2 Å². The van der Waals surface area contributed by atoms with Gasteiger partial charge in [-0.3, -0.25) is 0 Å². The zero-order chi connectivity index (χ0) is 22.7. The average Bonchev–Trinajstić information content (AvgIpc) is 2.78. The van der Waals surface area contributed by atoms with Crippen LogP contribution in [0.4, 0.5) is 0 Å². The van der Waals surface area contributed by atoms with Crippen molar-refractivity contribution in [2.24, 2.45) is 0 Å². The number of rotatable bonds is 7. The Morgan fingerprint density at radius 1 is 0.906 bits per heavy atom.